The molecule has 4 aromatic rings. The van der Waals surface area contributed by atoms with Crippen molar-refractivity contribution in [2.45, 2.75) is 24.9 Å². The van der Waals surface area contributed by atoms with Gasteiger partial charge in [0.1, 0.15) is 10.8 Å². The van der Waals surface area contributed by atoms with E-state index in [1.54, 1.807) is 0 Å². The molecule has 0 spiro atoms. The van der Waals surface area contributed by atoms with E-state index in [1.165, 1.54) is 30.5 Å². The van der Waals surface area contributed by atoms with Gasteiger partial charge >= 0.3 is 0 Å². The number of para-hydroxylation sites is 2. The van der Waals surface area contributed by atoms with Crippen LogP contribution in [-0.4, -0.2) is 27.7 Å². The second-order valence-corrected chi connectivity index (χ2v) is 9.16. The van der Waals surface area contributed by atoms with Crippen molar-refractivity contribution in [3.63, 3.8) is 0 Å². The van der Waals surface area contributed by atoms with Crippen LogP contribution in [0.4, 0.5) is 0 Å². The molecule has 8 nitrogen and oxygen atoms in total. The highest BCUT2D eigenvalue weighted by Crippen LogP contribution is 2.19. The van der Waals surface area contributed by atoms with Crippen LogP contribution < -0.4 is 10.3 Å². The standard InChI is InChI=1S/C20H17Cl2N5O3S/c1-2-26-17-6-4-3-5-16(17)25-18(26)12-24-31(29,30)14-9-7-13(8-10-14)27-20(28)19(22)15(21)11-23-27/h3-11,24H,2,12H2,1H3. The molecule has 0 unspecified atom stereocenters. The average molecular weight is 478 g/mol. The van der Waals surface area contributed by atoms with Crippen LogP contribution in [-0.2, 0) is 23.1 Å². The van der Waals surface area contributed by atoms with Gasteiger partial charge in [0.05, 0.1) is 39.4 Å². The molecule has 0 aliphatic heterocycles. The number of rotatable bonds is 6. The Balaban J connectivity index is 1.57. The number of sulfonamides is 1. The maximum Gasteiger partial charge on any atom is 0.291 e. The fraction of sp³-hybridized carbons (Fsp3) is 0.150. The zero-order valence-corrected chi connectivity index (χ0v) is 18.6. The molecular formula is C20H17Cl2N5O3S. The highest BCUT2D eigenvalue weighted by Gasteiger charge is 2.17. The van der Waals surface area contributed by atoms with Crippen molar-refractivity contribution < 1.29 is 8.42 Å². The number of imidazole rings is 1. The lowest BCUT2D eigenvalue weighted by molar-refractivity contribution is 0.576. The molecule has 0 radical (unpaired) electrons. The number of nitrogens with zero attached hydrogens (tertiary/aromatic N) is 4. The first kappa shape index (κ1) is 21.5. The van der Waals surface area contributed by atoms with Gasteiger partial charge in [0.25, 0.3) is 5.56 Å². The van der Waals surface area contributed by atoms with Crippen LogP contribution >= 0.6 is 23.2 Å². The lowest BCUT2D eigenvalue weighted by Gasteiger charge is -2.10. The zero-order valence-electron chi connectivity index (χ0n) is 16.3. The average Bonchev–Trinajstić information content (AvgIpc) is 3.14. The number of nitrogens with one attached hydrogen (secondary N) is 1. The Morgan fingerprint density at radius 1 is 1.06 bits per heavy atom. The molecule has 0 saturated heterocycles. The van der Waals surface area contributed by atoms with E-state index in [1.807, 2.05) is 35.8 Å². The predicted octanol–water partition coefficient (Wildman–Crippen LogP) is 3.39. The monoisotopic (exact) mass is 477 g/mol. The first-order valence-electron chi connectivity index (χ1n) is 9.29. The highest BCUT2D eigenvalue weighted by molar-refractivity contribution is 7.89. The van der Waals surface area contributed by atoms with Gasteiger partial charge in [-0.1, -0.05) is 35.3 Å². The highest BCUT2D eigenvalue weighted by atomic mass is 35.5. The van der Waals surface area contributed by atoms with Gasteiger partial charge in [0, 0.05) is 6.54 Å². The third-order valence-electron chi connectivity index (χ3n) is 4.74. The zero-order chi connectivity index (χ0) is 22.2. The molecule has 0 atom stereocenters. The molecule has 4 rings (SSSR count). The normalized spacial score (nSPS) is 11.8. The first-order valence-corrected chi connectivity index (χ1v) is 11.5. The van der Waals surface area contributed by atoms with Crippen LogP contribution in [0.2, 0.25) is 10.0 Å². The lowest BCUT2D eigenvalue weighted by atomic mass is 10.3. The molecule has 0 fully saturated rings. The Kier molecular flexibility index (Phi) is 5.85. The van der Waals surface area contributed by atoms with Gasteiger partial charge in [-0.25, -0.2) is 18.1 Å². The van der Waals surface area contributed by atoms with Crippen molar-refractivity contribution in [3.05, 3.63) is 81.0 Å². The van der Waals surface area contributed by atoms with Crippen LogP contribution in [0.25, 0.3) is 16.7 Å². The molecule has 0 bridgehead atoms. The lowest BCUT2D eigenvalue weighted by Crippen LogP contribution is -2.25. The van der Waals surface area contributed by atoms with Crippen LogP contribution in [0.15, 0.2) is 64.4 Å². The Hall–Kier alpha value is -2.72. The SMILES string of the molecule is CCn1c(CNS(=O)(=O)c2ccc(-n3ncc(Cl)c(Cl)c3=O)cc2)nc2ccccc21. The second-order valence-electron chi connectivity index (χ2n) is 6.60. The Morgan fingerprint density at radius 2 is 1.77 bits per heavy atom. The Bertz CT molecular complexity index is 1430. The summed E-state index contributed by atoms with van der Waals surface area (Å²) in [6.45, 7) is 2.68. The van der Waals surface area contributed by atoms with Gasteiger partial charge < -0.3 is 4.57 Å². The number of aryl methyl sites for hydroxylation is 1. The molecule has 11 heteroatoms. The van der Waals surface area contributed by atoms with Gasteiger partial charge in [0.15, 0.2) is 0 Å². The van der Waals surface area contributed by atoms with Crippen molar-refractivity contribution in [1.29, 1.82) is 0 Å². The second kappa shape index (κ2) is 8.43. The smallest absolute Gasteiger partial charge is 0.291 e. The number of benzene rings is 2. The minimum absolute atomic E-state index is 0.0421. The topological polar surface area (TPSA) is 98.9 Å². The summed E-state index contributed by atoms with van der Waals surface area (Å²) in [4.78, 5) is 16.8. The minimum atomic E-state index is -3.80. The third kappa shape index (κ3) is 4.09. The van der Waals surface area contributed by atoms with E-state index in [9.17, 15) is 13.2 Å². The largest absolute Gasteiger partial charge is 0.327 e. The molecule has 31 heavy (non-hydrogen) atoms. The van der Waals surface area contributed by atoms with Crippen molar-refractivity contribution in [2.75, 3.05) is 0 Å². The van der Waals surface area contributed by atoms with Crippen molar-refractivity contribution in [3.8, 4) is 5.69 Å². The van der Waals surface area contributed by atoms with Gasteiger partial charge in [-0.2, -0.15) is 9.78 Å². The quantitative estimate of drug-likeness (QED) is 0.458. The fourth-order valence-electron chi connectivity index (χ4n) is 3.22. The number of aromatic nitrogens is 4. The van der Waals surface area contributed by atoms with Crippen molar-refractivity contribution in [1.82, 2.24) is 24.1 Å². The minimum Gasteiger partial charge on any atom is -0.327 e. The molecule has 0 aliphatic carbocycles. The molecule has 2 aromatic carbocycles. The van der Waals surface area contributed by atoms with Gasteiger partial charge in [0.2, 0.25) is 10.0 Å². The summed E-state index contributed by atoms with van der Waals surface area (Å²) in [5, 5.41) is 3.82. The summed E-state index contributed by atoms with van der Waals surface area (Å²) in [6, 6.07) is 13.3. The maximum atomic E-state index is 12.8. The Morgan fingerprint density at radius 3 is 2.48 bits per heavy atom. The number of halogens is 2. The summed E-state index contributed by atoms with van der Waals surface area (Å²) in [7, 11) is -3.80. The summed E-state index contributed by atoms with van der Waals surface area (Å²) < 4.78 is 31.1. The van der Waals surface area contributed by atoms with Crippen LogP contribution in [0.3, 0.4) is 0 Å². The van der Waals surface area contributed by atoms with Crippen molar-refractivity contribution in [2.24, 2.45) is 0 Å². The van der Waals surface area contributed by atoms with E-state index >= 15 is 0 Å². The van der Waals surface area contributed by atoms with Crippen molar-refractivity contribution >= 4 is 44.3 Å². The van der Waals surface area contributed by atoms with E-state index in [4.69, 9.17) is 23.2 Å². The van der Waals surface area contributed by atoms with Crippen LogP contribution in [0, 0.1) is 0 Å². The summed E-state index contributed by atoms with van der Waals surface area (Å²) >= 11 is 11.7. The van der Waals surface area contributed by atoms with Gasteiger partial charge in [-0.3, -0.25) is 4.79 Å². The fourth-order valence-corrected chi connectivity index (χ4v) is 4.45. The molecule has 2 heterocycles. The summed E-state index contributed by atoms with van der Waals surface area (Å²) in [5.41, 5.74) is 1.52. The molecule has 0 saturated carbocycles. The molecule has 2 aromatic heterocycles. The van der Waals surface area contributed by atoms with Gasteiger partial charge in [-0.05, 0) is 43.3 Å². The molecule has 0 aliphatic rings. The molecule has 160 valence electrons. The number of hydrogen-bond donors (Lipinski definition) is 1. The van der Waals surface area contributed by atoms with E-state index in [0.717, 1.165) is 15.7 Å². The Labute approximate surface area is 188 Å². The van der Waals surface area contributed by atoms with E-state index < -0.39 is 15.6 Å². The van der Waals surface area contributed by atoms with Gasteiger partial charge in [-0.15, -0.1) is 0 Å². The molecule has 1 N–H and O–H groups in total. The van der Waals surface area contributed by atoms with Crippen LogP contribution in [0.5, 0.6) is 0 Å². The number of fused-ring (bicyclic) bond motifs is 1. The molecular weight excluding hydrogens is 461 g/mol. The summed E-state index contributed by atoms with van der Waals surface area (Å²) in [6.07, 6.45) is 1.25. The first-order chi connectivity index (χ1) is 14.8. The van der Waals surface area contributed by atoms with E-state index in [-0.39, 0.29) is 21.5 Å². The maximum absolute atomic E-state index is 12.8. The predicted molar refractivity (Wildman–Crippen MR) is 119 cm³/mol. The van der Waals surface area contributed by atoms with E-state index in [0.29, 0.717) is 18.1 Å². The van der Waals surface area contributed by atoms with Crippen LogP contribution in [0.1, 0.15) is 12.7 Å². The summed E-state index contributed by atoms with van der Waals surface area (Å²) in [5.74, 6) is 0.621. The van der Waals surface area contributed by atoms with E-state index in [2.05, 4.69) is 14.8 Å². The number of hydrogen-bond acceptors (Lipinski definition) is 5. The third-order valence-corrected chi connectivity index (χ3v) is 6.90. The molecule has 0 amide bonds.